The number of anilines is 1. The molecule has 2 aromatic heterocycles. The van der Waals surface area contributed by atoms with Gasteiger partial charge in [-0.25, -0.2) is 4.98 Å². The maximum atomic E-state index is 6.05. The number of nitrogen functional groups attached to an aromatic ring is 1. The van der Waals surface area contributed by atoms with E-state index in [0.717, 1.165) is 21.5 Å². The molecule has 0 spiro atoms. The average molecular weight is 345 g/mol. The average Bonchev–Trinajstić information content (AvgIpc) is 2.90. The van der Waals surface area contributed by atoms with Gasteiger partial charge in [-0.05, 0) is 40.2 Å². The molecule has 0 saturated heterocycles. The van der Waals surface area contributed by atoms with E-state index in [1.54, 1.807) is 18.0 Å². The molecular formula is C15H13BrN4O. The van der Waals surface area contributed by atoms with E-state index in [2.05, 4.69) is 26.0 Å². The third kappa shape index (κ3) is 2.62. The van der Waals surface area contributed by atoms with Crippen molar-refractivity contribution < 1.29 is 4.74 Å². The second kappa shape index (κ2) is 5.57. The van der Waals surface area contributed by atoms with Crippen molar-refractivity contribution in [3.8, 4) is 22.8 Å². The van der Waals surface area contributed by atoms with Crippen LogP contribution in [-0.4, -0.2) is 21.9 Å². The number of nitrogens with zero attached hydrogens (tertiary/aromatic N) is 3. The molecule has 0 unspecified atom stereocenters. The van der Waals surface area contributed by atoms with Gasteiger partial charge in [-0.3, -0.25) is 0 Å². The third-order valence-electron chi connectivity index (χ3n) is 3.05. The van der Waals surface area contributed by atoms with Gasteiger partial charge in [0.2, 0.25) is 0 Å². The van der Waals surface area contributed by atoms with Gasteiger partial charge in [-0.1, -0.05) is 12.1 Å². The van der Waals surface area contributed by atoms with Crippen LogP contribution in [0.25, 0.3) is 17.1 Å². The van der Waals surface area contributed by atoms with Crippen LogP contribution >= 0.6 is 15.9 Å². The molecule has 3 aromatic rings. The molecule has 21 heavy (non-hydrogen) atoms. The summed E-state index contributed by atoms with van der Waals surface area (Å²) in [6.45, 7) is 0. The minimum Gasteiger partial charge on any atom is -0.496 e. The SMILES string of the molecule is COc1ccccc1-c1cc(N)n(-c2ccc(Br)cn2)n1. The van der Waals surface area contributed by atoms with E-state index in [-0.39, 0.29) is 0 Å². The Hall–Kier alpha value is -2.34. The predicted molar refractivity (Wildman–Crippen MR) is 85.5 cm³/mol. The lowest BCUT2D eigenvalue weighted by molar-refractivity contribution is 0.416. The van der Waals surface area contributed by atoms with E-state index < -0.39 is 0 Å². The molecule has 0 aliphatic rings. The fourth-order valence-electron chi connectivity index (χ4n) is 2.06. The summed E-state index contributed by atoms with van der Waals surface area (Å²) in [7, 11) is 1.63. The van der Waals surface area contributed by atoms with Crippen molar-refractivity contribution in [2.75, 3.05) is 12.8 Å². The largest absolute Gasteiger partial charge is 0.496 e. The van der Waals surface area contributed by atoms with Crippen LogP contribution in [0.1, 0.15) is 0 Å². The summed E-state index contributed by atoms with van der Waals surface area (Å²) >= 11 is 3.36. The number of halogens is 1. The van der Waals surface area contributed by atoms with Gasteiger partial charge < -0.3 is 10.5 Å². The maximum absolute atomic E-state index is 6.05. The van der Waals surface area contributed by atoms with Crippen LogP contribution in [0, 0.1) is 0 Å². The summed E-state index contributed by atoms with van der Waals surface area (Å²) < 4.78 is 7.87. The zero-order valence-corrected chi connectivity index (χ0v) is 12.9. The predicted octanol–water partition coefficient (Wildman–Crippen LogP) is 3.29. The maximum Gasteiger partial charge on any atom is 0.155 e. The third-order valence-corrected chi connectivity index (χ3v) is 3.52. The molecular weight excluding hydrogens is 332 g/mol. The first-order valence-corrected chi connectivity index (χ1v) is 7.09. The summed E-state index contributed by atoms with van der Waals surface area (Å²) in [5.41, 5.74) is 7.68. The standard InChI is InChI=1S/C15H13BrN4O/c1-21-13-5-3-2-4-11(13)12-8-14(17)20(19-12)15-7-6-10(16)9-18-15/h2-9H,17H2,1H3. The highest BCUT2D eigenvalue weighted by molar-refractivity contribution is 9.10. The van der Waals surface area contributed by atoms with E-state index in [9.17, 15) is 0 Å². The van der Waals surface area contributed by atoms with Crippen LogP contribution in [0.3, 0.4) is 0 Å². The Morgan fingerprint density at radius 3 is 2.71 bits per heavy atom. The molecule has 0 bridgehead atoms. The van der Waals surface area contributed by atoms with Crippen LogP contribution < -0.4 is 10.5 Å². The molecule has 0 radical (unpaired) electrons. The molecule has 1 aromatic carbocycles. The Balaban J connectivity index is 2.07. The summed E-state index contributed by atoms with van der Waals surface area (Å²) in [6, 6.07) is 13.2. The molecule has 0 fully saturated rings. The van der Waals surface area contributed by atoms with Gasteiger partial charge in [0, 0.05) is 22.3 Å². The Morgan fingerprint density at radius 1 is 1.19 bits per heavy atom. The molecule has 0 atom stereocenters. The Bertz CT molecular complexity index is 768. The number of methoxy groups -OCH3 is 1. The summed E-state index contributed by atoms with van der Waals surface area (Å²) in [5.74, 6) is 1.94. The van der Waals surface area contributed by atoms with Crippen LogP contribution in [0.15, 0.2) is 53.1 Å². The Labute approximate surface area is 130 Å². The van der Waals surface area contributed by atoms with E-state index in [1.165, 1.54) is 0 Å². The van der Waals surface area contributed by atoms with Gasteiger partial charge >= 0.3 is 0 Å². The monoisotopic (exact) mass is 344 g/mol. The Kier molecular flexibility index (Phi) is 3.62. The first kappa shape index (κ1) is 13.6. The number of rotatable bonds is 3. The van der Waals surface area contributed by atoms with Gasteiger partial charge in [0.15, 0.2) is 5.82 Å². The lowest BCUT2D eigenvalue weighted by Crippen LogP contribution is -2.03. The van der Waals surface area contributed by atoms with Crippen molar-refractivity contribution in [3.05, 3.63) is 53.1 Å². The van der Waals surface area contributed by atoms with Crippen molar-refractivity contribution in [2.24, 2.45) is 0 Å². The van der Waals surface area contributed by atoms with Gasteiger partial charge in [0.1, 0.15) is 11.6 Å². The smallest absolute Gasteiger partial charge is 0.155 e. The van der Waals surface area contributed by atoms with Crippen LogP contribution in [0.2, 0.25) is 0 Å². The van der Waals surface area contributed by atoms with Crippen molar-refractivity contribution in [3.63, 3.8) is 0 Å². The molecule has 3 rings (SSSR count). The number of ether oxygens (including phenoxy) is 1. The first-order chi connectivity index (χ1) is 10.2. The second-order valence-electron chi connectivity index (χ2n) is 4.40. The highest BCUT2D eigenvalue weighted by atomic mass is 79.9. The molecule has 6 heteroatoms. The molecule has 106 valence electrons. The van der Waals surface area contributed by atoms with Crippen LogP contribution in [0.4, 0.5) is 5.82 Å². The molecule has 0 amide bonds. The topological polar surface area (TPSA) is 66.0 Å². The molecule has 0 saturated carbocycles. The number of pyridine rings is 1. The molecule has 2 heterocycles. The van der Waals surface area contributed by atoms with Gasteiger partial charge in [0.25, 0.3) is 0 Å². The number of hydrogen-bond donors (Lipinski definition) is 1. The van der Waals surface area contributed by atoms with Gasteiger partial charge in [-0.15, -0.1) is 0 Å². The zero-order valence-electron chi connectivity index (χ0n) is 11.3. The van der Waals surface area contributed by atoms with E-state index in [1.807, 2.05) is 42.5 Å². The highest BCUT2D eigenvalue weighted by Gasteiger charge is 2.12. The summed E-state index contributed by atoms with van der Waals surface area (Å²) in [4.78, 5) is 4.30. The van der Waals surface area contributed by atoms with Crippen LogP contribution in [0.5, 0.6) is 5.75 Å². The molecule has 5 nitrogen and oxygen atoms in total. The van der Waals surface area contributed by atoms with E-state index in [0.29, 0.717) is 11.6 Å². The quantitative estimate of drug-likeness (QED) is 0.791. The minimum atomic E-state index is 0.519. The minimum absolute atomic E-state index is 0.519. The lowest BCUT2D eigenvalue weighted by atomic mass is 10.1. The molecule has 0 aliphatic carbocycles. The highest BCUT2D eigenvalue weighted by Crippen LogP contribution is 2.30. The van der Waals surface area contributed by atoms with Gasteiger partial charge in [-0.2, -0.15) is 9.78 Å². The summed E-state index contributed by atoms with van der Waals surface area (Å²) in [6.07, 6.45) is 1.71. The lowest BCUT2D eigenvalue weighted by Gasteiger charge is -2.05. The summed E-state index contributed by atoms with van der Waals surface area (Å²) in [5, 5.41) is 4.52. The number of hydrogen-bond acceptors (Lipinski definition) is 4. The Morgan fingerprint density at radius 2 is 2.00 bits per heavy atom. The van der Waals surface area contributed by atoms with Gasteiger partial charge in [0.05, 0.1) is 12.8 Å². The molecule has 2 N–H and O–H groups in total. The number of aromatic nitrogens is 3. The van der Waals surface area contributed by atoms with E-state index in [4.69, 9.17) is 10.5 Å². The van der Waals surface area contributed by atoms with Crippen molar-refractivity contribution in [1.29, 1.82) is 0 Å². The number of para-hydroxylation sites is 1. The fraction of sp³-hybridized carbons (Fsp3) is 0.0667. The first-order valence-electron chi connectivity index (χ1n) is 6.30. The van der Waals surface area contributed by atoms with Crippen molar-refractivity contribution in [1.82, 2.24) is 14.8 Å². The fourth-order valence-corrected chi connectivity index (χ4v) is 2.29. The number of nitrogens with two attached hydrogens (primary N) is 1. The van der Waals surface area contributed by atoms with Crippen molar-refractivity contribution in [2.45, 2.75) is 0 Å². The molecule has 0 aliphatic heterocycles. The second-order valence-corrected chi connectivity index (χ2v) is 5.32. The van der Waals surface area contributed by atoms with Crippen molar-refractivity contribution >= 4 is 21.7 Å². The zero-order chi connectivity index (χ0) is 14.8. The normalized spacial score (nSPS) is 10.6. The number of benzene rings is 1. The van der Waals surface area contributed by atoms with E-state index >= 15 is 0 Å². The van der Waals surface area contributed by atoms with Crippen LogP contribution in [-0.2, 0) is 0 Å².